The Labute approximate surface area is 125 Å². The predicted molar refractivity (Wildman–Crippen MR) is 83.8 cm³/mol. The minimum atomic E-state index is 0.683. The first-order valence-electron chi connectivity index (χ1n) is 6.98. The van der Waals surface area contributed by atoms with Gasteiger partial charge in [0, 0.05) is 23.3 Å². The number of nitrogens with zero attached hydrogens (tertiary/aromatic N) is 1. The molecule has 2 aromatic rings. The molecule has 4 heteroatoms. The van der Waals surface area contributed by atoms with Crippen LogP contribution < -0.4 is 5.32 Å². The van der Waals surface area contributed by atoms with Crippen molar-refractivity contribution in [2.45, 2.75) is 38.0 Å². The Balaban J connectivity index is 1.85. The van der Waals surface area contributed by atoms with Crippen LogP contribution >= 0.6 is 11.8 Å². The van der Waals surface area contributed by atoms with Crippen molar-refractivity contribution in [2.24, 2.45) is 5.92 Å². The number of aromatic nitrogens is 1. The van der Waals surface area contributed by atoms with E-state index in [0.29, 0.717) is 5.92 Å². The highest BCUT2D eigenvalue weighted by Gasteiger charge is 2.02. The van der Waals surface area contributed by atoms with Gasteiger partial charge in [-0.15, -0.1) is 11.8 Å². The predicted octanol–water partition coefficient (Wildman–Crippen LogP) is 4.02. The van der Waals surface area contributed by atoms with Crippen LogP contribution in [0.2, 0.25) is 0 Å². The van der Waals surface area contributed by atoms with Gasteiger partial charge in [0.1, 0.15) is 5.76 Å². The third-order valence-electron chi connectivity index (χ3n) is 2.84. The van der Waals surface area contributed by atoms with Gasteiger partial charge in [0.15, 0.2) is 0 Å². The van der Waals surface area contributed by atoms with Crippen molar-refractivity contribution in [2.75, 3.05) is 6.54 Å². The molecule has 20 heavy (non-hydrogen) atoms. The van der Waals surface area contributed by atoms with E-state index in [0.717, 1.165) is 30.3 Å². The van der Waals surface area contributed by atoms with Crippen LogP contribution in [0.4, 0.5) is 0 Å². The molecule has 0 aliphatic carbocycles. The Bertz CT molecular complexity index is 537. The average molecular weight is 290 g/mol. The summed E-state index contributed by atoms with van der Waals surface area (Å²) in [6.07, 6.45) is 0. The van der Waals surface area contributed by atoms with Crippen molar-refractivity contribution in [1.29, 1.82) is 0 Å². The molecule has 1 N–H and O–H groups in total. The van der Waals surface area contributed by atoms with E-state index in [-0.39, 0.29) is 0 Å². The third-order valence-corrected chi connectivity index (χ3v) is 3.87. The average Bonchev–Trinajstić information content (AvgIpc) is 2.82. The van der Waals surface area contributed by atoms with Crippen molar-refractivity contribution >= 4 is 11.8 Å². The SMILES string of the molecule is Cc1cc(CSc2cccc(CNCC(C)C)c2)no1. The molecule has 2 rings (SSSR count). The lowest BCUT2D eigenvalue weighted by Gasteiger charge is -2.08. The molecule has 3 nitrogen and oxygen atoms in total. The summed E-state index contributed by atoms with van der Waals surface area (Å²) in [4.78, 5) is 1.27. The first kappa shape index (κ1) is 15.1. The van der Waals surface area contributed by atoms with Crippen molar-refractivity contribution in [3.8, 4) is 0 Å². The molecule has 0 aliphatic rings. The van der Waals surface area contributed by atoms with Gasteiger partial charge in [0.25, 0.3) is 0 Å². The number of rotatable bonds is 7. The summed E-state index contributed by atoms with van der Waals surface area (Å²) in [7, 11) is 0. The first-order valence-corrected chi connectivity index (χ1v) is 7.96. The highest BCUT2D eigenvalue weighted by atomic mass is 32.2. The molecule has 0 saturated heterocycles. The van der Waals surface area contributed by atoms with Gasteiger partial charge in [-0.05, 0) is 37.1 Å². The number of benzene rings is 1. The summed E-state index contributed by atoms with van der Waals surface area (Å²) >= 11 is 1.79. The Hall–Kier alpha value is -1.26. The minimum Gasteiger partial charge on any atom is -0.361 e. The van der Waals surface area contributed by atoms with Gasteiger partial charge < -0.3 is 9.84 Å². The van der Waals surface area contributed by atoms with Crippen molar-refractivity contribution < 1.29 is 4.52 Å². The number of aryl methyl sites for hydroxylation is 1. The van der Waals surface area contributed by atoms with E-state index in [2.05, 4.69) is 48.6 Å². The number of thioether (sulfide) groups is 1. The van der Waals surface area contributed by atoms with Gasteiger partial charge in [-0.2, -0.15) is 0 Å². The van der Waals surface area contributed by atoms with E-state index >= 15 is 0 Å². The number of nitrogens with one attached hydrogen (secondary N) is 1. The fraction of sp³-hybridized carbons (Fsp3) is 0.438. The maximum atomic E-state index is 5.08. The maximum Gasteiger partial charge on any atom is 0.133 e. The van der Waals surface area contributed by atoms with Crippen LogP contribution in [-0.2, 0) is 12.3 Å². The van der Waals surface area contributed by atoms with Crippen LogP contribution in [-0.4, -0.2) is 11.7 Å². The van der Waals surface area contributed by atoms with Crippen molar-refractivity contribution in [3.05, 3.63) is 47.3 Å². The third kappa shape index (κ3) is 5.02. The lowest BCUT2D eigenvalue weighted by atomic mass is 10.2. The second kappa shape index (κ2) is 7.50. The fourth-order valence-electron chi connectivity index (χ4n) is 1.89. The summed E-state index contributed by atoms with van der Waals surface area (Å²) in [5.41, 5.74) is 2.32. The molecule has 1 heterocycles. The summed E-state index contributed by atoms with van der Waals surface area (Å²) < 4.78 is 5.08. The van der Waals surface area contributed by atoms with E-state index in [4.69, 9.17) is 4.52 Å². The molecule has 0 unspecified atom stereocenters. The van der Waals surface area contributed by atoms with E-state index in [1.807, 2.05) is 13.0 Å². The van der Waals surface area contributed by atoms with Crippen LogP contribution in [0.5, 0.6) is 0 Å². The molecule has 0 fully saturated rings. The molecule has 0 aliphatic heterocycles. The Morgan fingerprint density at radius 1 is 1.30 bits per heavy atom. The maximum absolute atomic E-state index is 5.08. The zero-order valence-corrected chi connectivity index (χ0v) is 13.2. The lowest BCUT2D eigenvalue weighted by Crippen LogP contribution is -2.18. The molecule has 0 spiro atoms. The quantitative estimate of drug-likeness (QED) is 0.782. The molecule has 108 valence electrons. The van der Waals surface area contributed by atoms with Gasteiger partial charge >= 0.3 is 0 Å². The molecular formula is C16H22N2OS. The Morgan fingerprint density at radius 2 is 2.15 bits per heavy atom. The molecule has 1 aromatic carbocycles. The van der Waals surface area contributed by atoms with Crippen LogP contribution in [0, 0.1) is 12.8 Å². The molecule has 0 saturated carbocycles. The molecule has 0 atom stereocenters. The molecule has 0 radical (unpaired) electrons. The normalized spacial score (nSPS) is 11.2. The van der Waals surface area contributed by atoms with Crippen LogP contribution in [0.25, 0.3) is 0 Å². The second-order valence-corrected chi connectivity index (χ2v) is 6.44. The van der Waals surface area contributed by atoms with Gasteiger partial charge in [-0.1, -0.05) is 31.1 Å². The zero-order valence-electron chi connectivity index (χ0n) is 12.3. The van der Waals surface area contributed by atoms with E-state index in [1.54, 1.807) is 11.8 Å². The van der Waals surface area contributed by atoms with Crippen LogP contribution in [0.1, 0.15) is 30.9 Å². The van der Waals surface area contributed by atoms with Gasteiger partial charge in [0.2, 0.25) is 0 Å². The summed E-state index contributed by atoms with van der Waals surface area (Å²) in [6, 6.07) is 10.6. The van der Waals surface area contributed by atoms with E-state index in [9.17, 15) is 0 Å². The monoisotopic (exact) mass is 290 g/mol. The van der Waals surface area contributed by atoms with Crippen molar-refractivity contribution in [1.82, 2.24) is 10.5 Å². The molecule has 0 amide bonds. The fourth-order valence-corrected chi connectivity index (χ4v) is 2.75. The highest BCUT2D eigenvalue weighted by molar-refractivity contribution is 7.98. The standard InChI is InChI=1S/C16H22N2OS/c1-12(2)9-17-10-14-5-4-6-16(8-14)20-11-15-7-13(3)19-18-15/h4-8,12,17H,9-11H2,1-3H3. The van der Waals surface area contributed by atoms with E-state index in [1.165, 1.54) is 10.5 Å². The van der Waals surface area contributed by atoms with Gasteiger partial charge in [0.05, 0.1) is 5.69 Å². The Kier molecular flexibility index (Phi) is 5.68. The second-order valence-electron chi connectivity index (χ2n) is 5.39. The number of hydrogen-bond acceptors (Lipinski definition) is 4. The van der Waals surface area contributed by atoms with E-state index < -0.39 is 0 Å². The summed E-state index contributed by atoms with van der Waals surface area (Å²) in [6.45, 7) is 8.34. The van der Waals surface area contributed by atoms with Crippen molar-refractivity contribution in [3.63, 3.8) is 0 Å². The zero-order chi connectivity index (χ0) is 14.4. The molecular weight excluding hydrogens is 268 g/mol. The topological polar surface area (TPSA) is 38.1 Å². The summed E-state index contributed by atoms with van der Waals surface area (Å²) in [5, 5.41) is 7.48. The Morgan fingerprint density at radius 3 is 2.85 bits per heavy atom. The molecule has 1 aromatic heterocycles. The van der Waals surface area contributed by atoms with Gasteiger partial charge in [-0.25, -0.2) is 0 Å². The lowest BCUT2D eigenvalue weighted by molar-refractivity contribution is 0.393. The van der Waals surface area contributed by atoms with Gasteiger partial charge in [-0.3, -0.25) is 0 Å². The largest absolute Gasteiger partial charge is 0.361 e. The smallest absolute Gasteiger partial charge is 0.133 e. The highest BCUT2D eigenvalue weighted by Crippen LogP contribution is 2.23. The molecule has 0 bridgehead atoms. The van der Waals surface area contributed by atoms with Crippen LogP contribution in [0.3, 0.4) is 0 Å². The number of hydrogen-bond donors (Lipinski definition) is 1. The summed E-state index contributed by atoms with van der Waals surface area (Å²) in [5.74, 6) is 2.40. The van der Waals surface area contributed by atoms with Crippen LogP contribution in [0.15, 0.2) is 39.8 Å². The minimum absolute atomic E-state index is 0.683. The first-order chi connectivity index (χ1) is 9.63.